The Kier molecular flexibility index (Phi) is 6.96. The fraction of sp³-hybridized carbons (Fsp3) is 0.500. The van der Waals surface area contributed by atoms with Crippen LogP contribution in [0.3, 0.4) is 0 Å². The van der Waals surface area contributed by atoms with Gasteiger partial charge in [0, 0.05) is 0 Å². The van der Waals surface area contributed by atoms with Crippen molar-refractivity contribution < 1.29 is 27.6 Å². The van der Waals surface area contributed by atoms with Crippen molar-refractivity contribution in [1.29, 1.82) is 0 Å². The number of benzene rings is 1. The minimum atomic E-state index is -4.05. The molecule has 0 atom stereocenters. The second kappa shape index (κ2) is 8.23. The molecule has 6 nitrogen and oxygen atoms in total. The topological polar surface area (TPSA) is 93.1 Å². The second-order valence-electron chi connectivity index (χ2n) is 3.88. The quantitative estimate of drug-likeness (QED) is 0.511. The Morgan fingerprint density at radius 2 is 1.63 bits per heavy atom. The van der Waals surface area contributed by atoms with Gasteiger partial charge in [0.2, 0.25) is 0 Å². The van der Waals surface area contributed by atoms with Gasteiger partial charge in [-0.25, -0.2) is 0 Å². The van der Waals surface area contributed by atoms with Crippen molar-refractivity contribution in [1.82, 2.24) is 0 Å². The molecule has 0 aromatic heterocycles. The molecule has 108 valence electrons. The molecule has 0 unspecified atom stereocenters. The normalized spacial score (nSPS) is 11.7. The molecule has 7 heteroatoms. The first kappa shape index (κ1) is 16.1. The smallest absolute Gasteiger partial charge is 0.269 e. The molecule has 0 radical (unpaired) electrons. The number of rotatable bonds is 9. The predicted molar refractivity (Wildman–Crippen MR) is 69.3 cm³/mol. The van der Waals surface area contributed by atoms with E-state index in [0.717, 1.165) is 0 Å². The van der Waals surface area contributed by atoms with Gasteiger partial charge in [0.1, 0.15) is 5.75 Å². The van der Waals surface area contributed by atoms with E-state index in [2.05, 4.69) is 0 Å². The summed E-state index contributed by atoms with van der Waals surface area (Å²) < 4.78 is 41.0. The SMILES string of the molecule is O=S(=O)(O)Cc1ccccc1COCCOCCO. The van der Waals surface area contributed by atoms with Crippen molar-refractivity contribution in [3.05, 3.63) is 35.4 Å². The molecule has 0 aliphatic carbocycles. The lowest BCUT2D eigenvalue weighted by Crippen LogP contribution is -2.09. The van der Waals surface area contributed by atoms with Gasteiger partial charge in [-0.1, -0.05) is 24.3 Å². The van der Waals surface area contributed by atoms with Crippen molar-refractivity contribution in [3.63, 3.8) is 0 Å². The van der Waals surface area contributed by atoms with E-state index >= 15 is 0 Å². The highest BCUT2D eigenvalue weighted by molar-refractivity contribution is 7.85. The van der Waals surface area contributed by atoms with Crippen LogP contribution >= 0.6 is 0 Å². The maximum absolute atomic E-state index is 10.9. The summed E-state index contributed by atoms with van der Waals surface area (Å²) in [5.74, 6) is -0.423. The molecule has 0 bridgehead atoms. The Morgan fingerprint density at radius 1 is 1.00 bits per heavy atom. The molecule has 0 heterocycles. The lowest BCUT2D eigenvalue weighted by Gasteiger charge is -2.09. The van der Waals surface area contributed by atoms with Crippen molar-refractivity contribution in [2.75, 3.05) is 26.4 Å². The molecule has 0 fully saturated rings. The molecule has 0 amide bonds. The molecule has 0 spiro atoms. The van der Waals surface area contributed by atoms with Crippen molar-refractivity contribution >= 4 is 10.1 Å². The van der Waals surface area contributed by atoms with E-state index in [0.29, 0.717) is 24.3 Å². The Morgan fingerprint density at radius 3 is 2.26 bits per heavy atom. The van der Waals surface area contributed by atoms with E-state index in [1.807, 2.05) is 0 Å². The first-order valence-electron chi connectivity index (χ1n) is 5.81. The van der Waals surface area contributed by atoms with Gasteiger partial charge < -0.3 is 14.6 Å². The number of ether oxygens (including phenoxy) is 2. The summed E-state index contributed by atoms with van der Waals surface area (Å²) in [4.78, 5) is 0. The summed E-state index contributed by atoms with van der Waals surface area (Å²) in [6.07, 6.45) is 0. The lowest BCUT2D eigenvalue weighted by molar-refractivity contribution is 0.0273. The van der Waals surface area contributed by atoms with Crippen LogP contribution in [-0.2, 0) is 32.0 Å². The van der Waals surface area contributed by atoms with Crippen LogP contribution in [0.5, 0.6) is 0 Å². The van der Waals surface area contributed by atoms with E-state index in [4.69, 9.17) is 19.1 Å². The van der Waals surface area contributed by atoms with Gasteiger partial charge in [-0.3, -0.25) is 4.55 Å². The van der Waals surface area contributed by atoms with Gasteiger partial charge in [-0.2, -0.15) is 8.42 Å². The van der Waals surface area contributed by atoms with Crippen LogP contribution in [0.4, 0.5) is 0 Å². The summed E-state index contributed by atoms with van der Waals surface area (Å²) >= 11 is 0. The zero-order valence-electron chi connectivity index (χ0n) is 10.5. The number of aliphatic hydroxyl groups is 1. The highest BCUT2D eigenvalue weighted by atomic mass is 32.2. The second-order valence-corrected chi connectivity index (χ2v) is 5.34. The monoisotopic (exact) mass is 290 g/mol. The summed E-state index contributed by atoms with van der Waals surface area (Å²) in [7, 11) is -4.05. The van der Waals surface area contributed by atoms with E-state index in [9.17, 15) is 8.42 Å². The average Bonchev–Trinajstić information content (AvgIpc) is 2.33. The molecular formula is C12H18O6S. The third-order valence-electron chi connectivity index (χ3n) is 2.32. The van der Waals surface area contributed by atoms with Crippen molar-refractivity contribution in [2.45, 2.75) is 12.4 Å². The average molecular weight is 290 g/mol. The van der Waals surface area contributed by atoms with E-state index in [1.165, 1.54) is 0 Å². The fourth-order valence-electron chi connectivity index (χ4n) is 1.50. The third kappa shape index (κ3) is 7.24. The van der Waals surface area contributed by atoms with Gasteiger partial charge in [0.25, 0.3) is 10.1 Å². The molecule has 2 N–H and O–H groups in total. The fourth-order valence-corrected chi connectivity index (χ4v) is 2.18. The predicted octanol–water partition coefficient (Wildman–Crippen LogP) is 0.600. The molecule has 19 heavy (non-hydrogen) atoms. The van der Waals surface area contributed by atoms with Gasteiger partial charge in [0.15, 0.2) is 0 Å². The highest BCUT2D eigenvalue weighted by Crippen LogP contribution is 2.13. The molecular weight excluding hydrogens is 272 g/mol. The minimum absolute atomic E-state index is 0.0306. The van der Waals surface area contributed by atoms with E-state index in [1.54, 1.807) is 24.3 Å². The number of hydrogen-bond acceptors (Lipinski definition) is 5. The number of aliphatic hydroxyl groups excluding tert-OH is 1. The third-order valence-corrected chi connectivity index (χ3v) is 3.00. The first-order valence-corrected chi connectivity index (χ1v) is 7.42. The Labute approximate surface area is 112 Å². The van der Waals surface area contributed by atoms with E-state index < -0.39 is 15.9 Å². The first-order chi connectivity index (χ1) is 9.03. The van der Waals surface area contributed by atoms with Gasteiger partial charge in [-0.15, -0.1) is 0 Å². The summed E-state index contributed by atoms with van der Waals surface area (Å²) in [5, 5.41) is 8.50. The lowest BCUT2D eigenvalue weighted by atomic mass is 10.1. The van der Waals surface area contributed by atoms with Crippen LogP contribution in [0.1, 0.15) is 11.1 Å². The van der Waals surface area contributed by atoms with Crippen LogP contribution in [0.25, 0.3) is 0 Å². The van der Waals surface area contributed by atoms with Crippen LogP contribution < -0.4 is 0 Å². The Balaban J connectivity index is 2.45. The maximum Gasteiger partial charge on any atom is 0.269 e. The van der Waals surface area contributed by atoms with Crippen molar-refractivity contribution in [3.8, 4) is 0 Å². The molecule has 0 saturated heterocycles. The van der Waals surface area contributed by atoms with Gasteiger partial charge in [-0.05, 0) is 11.1 Å². The van der Waals surface area contributed by atoms with Gasteiger partial charge >= 0.3 is 0 Å². The Hall–Kier alpha value is -0.990. The maximum atomic E-state index is 10.9. The van der Waals surface area contributed by atoms with Crippen LogP contribution in [0.15, 0.2) is 24.3 Å². The summed E-state index contributed by atoms with van der Waals surface area (Å²) in [6, 6.07) is 6.85. The highest BCUT2D eigenvalue weighted by Gasteiger charge is 2.10. The van der Waals surface area contributed by atoms with E-state index in [-0.39, 0.29) is 19.8 Å². The molecule has 0 aliphatic rings. The van der Waals surface area contributed by atoms with Crippen molar-refractivity contribution in [2.24, 2.45) is 0 Å². The van der Waals surface area contributed by atoms with Crippen LogP contribution in [0, 0.1) is 0 Å². The molecule has 0 saturated carbocycles. The molecule has 1 rings (SSSR count). The minimum Gasteiger partial charge on any atom is -0.394 e. The zero-order valence-corrected chi connectivity index (χ0v) is 11.3. The van der Waals surface area contributed by atoms with Gasteiger partial charge in [0.05, 0.1) is 33.0 Å². The standard InChI is InChI=1S/C12H18O6S/c13-5-6-17-7-8-18-9-11-3-1-2-4-12(11)10-19(14,15)16/h1-4,13H,5-10H2,(H,14,15,16). The summed E-state index contributed by atoms with van der Waals surface area (Å²) in [5.41, 5.74) is 1.23. The summed E-state index contributed by atoms with van der Waals surface area (Å²) in [6.45, 7) is 1.19. The van der Waals surface area contributed by atoms with Crippen LogP contribution in [-0.4, -0.2) is 44.5 Å². The van der Waals surface area contributed by atoms with Crippen LogP contribution in [0.2, 0.25) is 0 Å². The molecule has 1 aromatic rings. The largest absolute Gasteiger partial charge is 0.394 e. The Bertz CT molecular complexity index is 471. The number of hydrogen-bond donors (Lipinski definition) is 2. The molecule has 0 aliphatic heterocycles. The molecule has 1 aromatic carbocycles. The zero-order chi connectivity index (χ0) is 14.1.